The van der Waals surface area contributed by atoms with E-state index in [1.165, 1.54) is 11.1 Å². The molecule has 2 rings (SSSR count). The zero-order valence-electron chi connectivity index (χ0n) is 16.7. The number of rotatable bonds is 9. The van der Waals surface area contributed by atoms with Crippen LogP contribution in [0.5, 0.6) is 0 Å². The molecule has 1 heterocycles. The molecule has 0 unspecified atom stereocenters. The zero-order valence-corrected chi connectivity index (χ0v) is 16.7. The third-order valence-electron chi connectivity index (χ3n) is 4.62. The molecule has 0 saturated carbocycles. The molecule has 1 aromatic carbocycles. The smallest absolute Gasteiger partial charge is 0.286 e. The third kappa shape index (κ3) is 6.03. The van der Waals surface area contributed by atoms with Crippen molar-refractivity contribution in [1.82, 2.24) is 10.2 Å². The van der Waals surface area contributed by atoms with E-state index in [9.17, 15) is 4.79 Å². The third-order valence-corrected chi connectivity index (χ3v) is 4.62. The van der Waals surface area contributed by atoms with E-state index >= 15 is 0 Å². The quantitative estimate of drug-likeness (QED) is 0.703. The predicted octanol–water partition coefficient (Wildman–Crippen LogP) is 4.77. The fourth-order valence-corrected chi connectivity index (χ4v) is 2.77. The summed E-state index contributed by atoms with van der Waals surface area (Å²) < 4.78 is 5.80. The van der Waals surface area contributed by atoms with Gasteiger partial charge in [-0.25, -0.2) is 0 Å². The first-order chi connectivity index (χ1) is 12.4. The van der Waals surface area contributed by atoms with E-state index in [4.69, 9.17) is 4.42 Å². The predicted molar refractivity (Wildman–Crippen MR) is 106 cm³/mol. The Morgan fingerprint density at radius 1 is 1.08 bits per heavy atom. The molecule has 142 valence electrons. The van der Waals surface area contributed by atoms with E-state index in [1.807, 2.05) is 6.07 Å². The summed E-state index contributed by atoms with van der Waals surface area (Å²) in [6.07, 6.45) is 0.969. The number of benzene rings is 1. The Balaban J connectivity index is 1.98. The van der Waals surface area contributed by atoms with Gasteiger partial charge in [-0.05, 0) is 56.4 Å². The van der Waals surface area contributed by atoms with Crippen LogP contribution in [0.3, 0.4) is 0 Å². The van der Waals surface area contributed by atoms with E-state index < -0.39 is 0 Å². The van der Waals surface area contributed by atoms with Crippen LogP contribution >= 0.6 is 0 Å². The van der Waals surface area contributed by atoms with E-state index in [-0.39, 0.29) is 5.91 Å². The summed E-state index contributed by atoms with van der Waals surface area (Å²) in [5.74, 6) is 1.65. The first-order valence-electron chi connectivity index (χ1n) is 9.52. The van der Waals surface area contributed by atoms with E-state index in [2.05, 4.69) is 69.1 Å². The molecule has 1 N–H and O–H groups in total. The van der Waals surface area contributed by atoms with Crippen LogP contribution in [0.15, 0.2) is 40.8 Å². The molecule has 4 nitrogen and oxygen atoms in total. The van der Waals surface area contributed by atoms with Crippen LogP contribution in [0.25, 0.3) is 0 Å². The maximum Gasteiger partial charge on any atom is 0.286 e. The molecule has 4 heteroatoms. The van der Waals surface area contributed by atoms with Gasteiger partial charge in [-0.15, -0.1) is 0 Å². The molecule has 0 spiro atoms. The molecule has 0 aliphatic heterocycles. The number of carbonyl (C=O) groups is 1. The highest BCUT2D eigenvalue weighted by molar-refractivity contribution is 5.91. The van der Waals surface area contributed by atoms with Gasteiger partial charge in [0, 0.05) is 19.1 Å². The Labute approximate surface area is 157 Å². The monoisotopic (exact) mass is 356 g/mol. The number of nitrogens with zero attached hydrogens (tertiary/aromatic N) is 1. The zero-order chi connectivity index (χ0) is 19.1. The highest BCUT2D eigenvalue weighted by Crippen LogP contribution is 2.17. The summed E-state index contributed by atoms with van der Waals surface area (Å²) in [5, 5.41) is 2.92. The molecule has 26 heavy (non-hydrogen) atoms. The maximum atomic E-state index is 12.2. The molecule has 0 saturated heterocycles. The molecular weight excluding hydrogens is 324 g/mol. The highest BCUT2D eigenvalue weighted by atomic mass is 16.4. The lowest BCUT2D eigenvalue weighted by molar-refractivity contribution is 0.0919. The second-order valence-corrected chi connectivity index (χ2v) is 7.63. The van der Waals surface area contributed by atoms with Crippen LogP contribution in [-0.4, -0.2) is 23.4 Å². The SMILES string of the molecule is Cc1ccccc1CN(Cc1ccc(C(=O)NCCC(C)C)o1)C(C)C. The van der Waals surface area contributed by atoms with Crippen molar-refractivity contribution in [1.29, 1.82) is 0 Å². The van der Waals surface area contributed by atoms with Crippen molar-refractivity contribution < 1.29 is 9.21 Å². The average Bonchev–Trinajstić information content (AvgIpc) is 3.04. The lowest BCUT2D eigenvalue weighted by atomic mass is 10.1. The fourth-order valence-electron chi connectivity index (χ4n) is 2.77. The standard InChI is InChI=1S/C22H32N2O2/c1-16(2)12-13-23-22(25)21-11-10-20(26-21)15-24(17(3)4)14-19-9-7-6-8-18(19)5/h6-11,16-17H,12-15H2,1-5H3,(H,23,25). The Morgan fingerprint density at radius 3 is 2.46 bits per heavy atom. The number of amides is 1. The molecule has 0 bridgehead atoms. The van der Waals surface area contributed by atoms with E-state index in [0.717, 1.165) is 18.7 Å². The van der Waals surface area contributed by atoms with Crippen LogP contribution < -0.4 is 5.32 Å². The number of aryl methyl sites for hydroxylation is 1. The van der Waals surface area contributed by atoms with Gasteiger partial charge in [0.25, 0.3) is 5.91 Å². The summed E-state index contributed by atoms with van der Waals surface area (Å²) >= 11 is 0. The largest absolute Gasteiger partial charge is 0.455 e. The Hall–Kier alpha value is -2.07. The first kappa shape index (κ1) is 20.2. The van der Waals surface area contributed by atoms with Crippen molar-refractivity contribution in [2.24, 2.45) is 5.92 Å². The summed E-state index contributed by atoms with van der Waals surface area (Å²) in [5.41, 5.74) is 2.61. The van der Waals surface area contributed by atoms with Gasteiger partial charge in [0.2, 0.25) is 0 Å². The van der Waals surface area contributed by atoms with Gasteiger partial charge in [-0.1, -0.05) is 38.1 Å². The molecule has 0 atom stereocenters. The molecule has 0 radical (unpaired) electrons. The fraction of sp³-hybridized carbons (Fsp3) is 0.500. The van der Waals surface area contributed by atoms with Gasteiger partial charge >= 0.3 is 0 Å². The minimum Gasteiger partial charge on any atom is -0.455 e. The Kier molecular flexibility index (Phi) is 7.46. The number of furan rings is 1. The van der Waals surface area contributed by atoms with Gasteiger partial charge in [0.15, 0.2) is 5.76 Å². The van der Waals surface area contributed by atoms with E-state index in [1.54, 1.807) is 6.07 Å². The van der Waals surface area contributed by atoms with Crippen LogP contribution in [0, 0.1) is 12.8 Å². The van der Waals surface area contributed by atoms with Crippen LogP contribution in [0.1, 0.15) is 61.6 Å². The van der Waals surface area contributed by atoms with Gasteiger partial charge in [-0.3, -0.25) is 9.69 Å². The molecule has 0 fully saturated rings. The molecule has 0 aliphatic carbocycles. The second-order valence-electron chi connectivity index (χ2n) is 7.63. The summed E-state index contributed by atoms with van der Waals surface area (Å²) in [7, 11) is 0. The Morgan fingerprint density at radius 2 is 1.81 bits per heavy atom. The normalized spacial score (nSPS) is 11.5. The number of nitrogens with one attached hydrogen (secondary N) is 1. The topological polar surface area (TPSA) is 45.5 Å². The van der Waals surface area contributed by atoms with Crippen LogP contribution in [-0.2, 0) is 13.1 Å². The van der Waals surface area contributed by atoms with Crippen LogP contribution in [0.2, 0.25) is 0 Å². The lowest BCUT2D eigenvalue weighted by Gasteiger charge is -2.26. The number of carbonyl (C=O) groups excluding carboxylic acids is 1. The summed E-state index contributed by atoms with van der Waals surface area (Å²) in [6, 6.07) is 12.5. The van der Waals surface area contributed by atoms with Crippen molar-refractivity contribution in [3.8, 4) is 0 Å². The summed E-state index contributed by atoms with van der Waals surface area (Å²) in [4.78, 5) is 14.5. The average molecular weight is 357 g/mol. The van der Waals surface area contributed by atoms with Gasteiger partial charge in [0.1, 0.15) is 5.76 Å². The first-order valence-corrected chi connectivity index (χ1v) is 9.52. The molecule has 1 amide bonds. The minimum atomic E-state index is -0.132. The van der Waals surface area contributed by atoms with Gasteiger partial charge < -0.3 is 9.73 Å². The molecule has 2 aromatic rings. The van der Waals surface area contributed by atoms with Crippen molar-refractivity contribution in [2.45, 2.75) is 60.2 Å². The molecular formula is C22H32N2O2. The molecule has 1 aromatic heterocycles. The second kappa shape index (κ2) is 9.58. The van der Waals surface area contributed by atoms with Crippen molar-refractivity contribution in [2.75, 3.05) is 6.54 Å². The number of hydrogen-bond acceptors (Lipinski definition) is 3. The molecule has 0 aliphatic rings. The van der Waals surface area contributed by atoms with Gasteiger partial charge in [-0.2, -0.15) is 0 Å². The van der Waals surface area contributed by atoms with Crippen LogP contribution in [0.4, 0.5) is 0 Å². The number of hydrogen-bond donors (Lipinski definition) is 1. The van der Waals surface area contributed by atoms with Crippen molar-refractivity contribution in [3.05, 3.63) is 59.0 Å². The summed E-state index contributed by atoms with van der Waals surface area (Å²) in [6.45, 7) is 13.0. The van der Waals surface area contributed by atoms with Crippen molar-refractivity contribution >= 4 is 5.91 Å². The minimum absolute atomic E-state index is 0.132. The highest BCUT2D eigenvalue weighted by Gasteiger charge is 2.16. The van der Waals surface area contributed by atoms with E-state index in [0.29, 0.717) is 30.8 Å². The maximum absolute atomic E-state index is 12.2. The van der Waals surface area contributed by atoms with Crippen molar-refractivity contribution in [3.63, 3.8) is 0 Å². The Bertz CT molecular complexity index is 704. The van der Waals surface area contributed by atoms with Gasteiger partial charge in [0.05, 0.1) is 6.54 Å². The lowest BCUT2D eigenvalue weighted by Crippen LogP contribution is -2.30.